The van der Waals surface area contributed by atoms with Crippen molar-refractivity contribution in [2.75, 3.05) is 7.11 Å². The van der Waals surface area contributed by atoms with Gasteiger partial charge < -0.3 is 26.0 Å². The van der Waals surface area contributed by atoms with Crippen LogP contribution in [0.2, 0.25) is 0 Å². The number of nitrogens with two attached hydrogens (primary N) is 1. The molecule has 5 N–H and O–H groups in total. The number of benzene rings is 2. The van der Waals surface area contributed by atoms with Gasteiger partial charge in [-0.05, 0) is 29.7 Å². The van der Waals surface area contributed by atoms with Gasteiger partial charge in [-0.25, -0.2) is 4.79 Å². The molecule has 1 amide bonds. The summed E-state index contributed by atoms with van der Waals surface area (Å²) in [6.07, 6.45) is -1.26. The summed E-state index contributed by atoms with van der Waals surface area (Å²) in [5, 5.41) is 21.9. The number of amides is 1. The number of aliphatic carboxylic acids is 1. The second-order valence-electron chi connectivity index (χ2n) is 5.85. The topological polar surface area (TPSA) is 122 Å². The van der Waals surface area contributed by atoms with Crippen molar-refractivity contribution < 1.29 is 24.5 Å². The van der Waals surface area contributed by atoms with E-state index in [9.17, 15) is 19.8 Å². The summed E-state index contributed by atoms with van der Waals surface area (Å²) in [7, 11) is 1.46. The Balaban J connectivity index is 2.07. The zero-order valence-electron chi connectivity index (χ0n) is 14.3. The summed E-state index contributed by atoms with van der Waals surface area (Å²) in [4.78, 5) is 23.8. The van der Waals surface area contributed by atoms with E-state index in [2.05, 4.69) is 5.32 Å². The van der Waals surface area contributed by atoms with Crippen molar-refractivity contribution in [2.24, 2.45) is 5.73 Å². The normalized spacial score (nSPS) is 14.1. The number of hydrogen-bond donors (Lipinski definition) is 4. The van der Waals surface area contributed by atoms with Crippen LogP contribution in [0.5, 0.6) is 5.75 Å². The number of aliphatic hydroxyl groups excluding tert-OH is 1. The second kappa shape index (κ2) is 8.98. The fourth-order valence-electron chi connectivity index (χ4n) is 2.53. The molecule has 0 aliphatic heterocycles. The molecule has 2 rings (SSSR count). The molecular weight excluding hydrogens is 336 g/mol. The second-order valence-corrected chi connectivity index (χ2v) is 5.85. The first-order valence-electron chi connectivity index (χ1n) is 8.07. The molecule has 0 heterocycles. The SMILES string of the molecule is COc1cccc([C@@H](NC(=O)[C@@H](O)[C@H](N)Cc2ccccc2)C(=O)O)c1. The van der Waals surface area contributed by atoms with Gasteiger partial charge in [0.2, 0.25) is 0 Å². The molecule has 0 aliphatic rings. The van der Waals surface area contributed by atoms with Crippen LogP contribution in [0.1, 0.15) is 17.2 Å². The number of carbonyl (C=O) groups is 2. The molecule has 0 aromatic heterocycles. The summed E-state index contributed by atoms with van der Waals surface area (Å²) < 4.78 is 5.07. The Kier molecular flexibility index (Phi) is 6.71. The number of carboxylic acid groups (broad SMARTS) is 1. The fourth-order valence-corrected chi connectivity index (χ4v) is 2.53. The molecule has 0 radical (unpaired) electrons. The Labute approximate surface area is 151 Å². The zero-order chi connectivity index (χ0) is 19.1. The third kappa shape index (κ3) is 5.05. The van der Waals surface area contributed by atoms with Gasteiger partial charge in [-0.3, -0.25) is 4.79 Å². The Hall–Kier alpha value is -2.90. The van der Waals surface area contributed by atoms with Crippen molar-refractivity contribution in [1.29, 1.82) is 0 Å². The summed E-state index contributed by atoms with van der Waals surface area (Å²) in [6.45, 7) is 0. The van der Waals surface area contributed by atoms with Gasteiger partial charge in [-0.2, -0.15) is 0 Å². The first-order valence-corrected chi connectivity index (χ1v) is 8.07. The molecule has 0 bridgehead atoms. The van der Waals surface area contributed by atoms with E-state index < -0.39 is 30.1 Å². The number of aliphatic hydroxyl groups is 1. The lowest BCUT2D eigenvalue weighted by atomic mass is 10.0. The van der Waals surface area contributed by atoms with E-state index in [1.54, 1.807) is 18.2 Å². The first kappa shape index (κ1) is 19.4. The summed E-state index contributed by atoms with van der Waals surface area (Å²) in [6, 6.07) is 13.3. The number of hydrogen-bond acceptors (Lipinski definition) is 5. The van der Waals surface area contributed by atoms with Crippen molar-refractivity contribution in [2.45, 2.75) is 24.6 Å². The summed E-state index contributed by atoms with van der Waals surface area (Å²) >= 11 is 0. The van der Waals surface area contributed by atoms with Crippen LogP contribution in [-0.2, 0) is 16.0 Å². The van der Waals surface area contributed by atoms with Crippen molar-refractivity contribution in [3.8, 4) is 5.75 Å². The summed E-state index contributed by atoms with van der Waals surface area (Å²) in [5.74, 6) is -1.64. The first-order chi connectivity index (χ1) is 12.4. The maximum atomic E-state index is 12.3. The Morgan fingerprint density at radius 3 is 2.46 bits per heavy atom. The van der Waals surface area contributed by atoms with Crippen molar-refractivity contribution in [3.63, 3.8) is 0 Å². The van der Waals surface area contributed by atoms with Gasteiger partial charge in [0.1, 0.15) is 11.9 Å². The third-order valence-electron chi connectivity index (χ3n) is 3.95. The molecule has 7 heteroatoms. The van der Waals surface area contributed by atoms with E-state index in [4.69, 9.17) is 10.5 Å². The van der Waals surface area contributed by atoms with Gasteiger partial charge in [0.25, 0.3) is 5.91 Å². The average molecular weight is 358 g/mol. The van der Waals surface area contributed by atoms with Crippen LogP contribution in [0.15, 0.2) is 54.6 Å². The Morgan fingerprint density at radius 2 is 1.85 bits per heavy atom. The minimum absolute atomic E-state index is 0.284. The Morgan fingerprint density at radius 1 is 1.15 bits per heavy atom. The molecule has 0 spiro atoms. The molecule has 2 aromatic rings. The lowest BCUT2D eigenvalue weighted by Gasteiger charge is -2.21. The average Bonchev–Trinajstić information content (AvgIpc) is 2.65. The van der Waals surface area contributed by atoms with Crippen LogP contribution in [0.4, 0.5) is 0 Å². The third-order valence-corrected chi connectivity index (χ3v) is 3.95. The molecule has 0 unspecified atom stereocenters. The zero-order valence-corrected chi connectivity index (χ0v) is 14.3. The number of methoxy groups -OCH3 is 1. The summed E-state index contributed by atoms with van der Waals surface area (Å²) in [5.41, 5.74) is 7.11. The number of rotatable bonds is 8. The van der Waals surface area contributed by atoms with Gasteiger partial charge in [-0.1, -0.05) is 42.5 Å². The molecule has 0 aliphatic carbocycles. The molecule has 0 saturated heterocycles. The minimum atomic E-state index is -1.54. The molecule has 138 valence electrons. The number of nitrogens with one attached hydrogen (secondary N) is 1. The van der Waals surface area contributed by atoms with E-state index in [-0.39, 0.29) is 6.42 Å². The lowest BCUT2D eigenvalue weighted by Crippen LogP contribution is -2.49. The van der Waals surface area contributed by atoms with Crippen molar-refractivity contribution in [1.82, 2.24) is 5.32 Å². The van der Waals surface area contributed by atoms with E-state index in [0.29, 0.717) is 11.3 Å². The highest BCUT2D eigenvalue weighted by Crippen LogP contribution is 2.20. The van der Waals surface area contributed by atoms with Gasteiger partial charge in [-0.15, -0.1) is 0 Å². The smallest absolute Gasteiger partial charge is 0.330 e. The molecule has 3 atom stereocenters. The Bertz CT molecular complexity index is 751. The van der Waals surface area contributed by atoms with Crippen LogP contribution in [-0.4, -0.2) is 41.3 Å². The predicted octanol–water partition coefficient (Wildman–Crippen LogP) is 0.868. The van der Waals surface area contributed by atoms with Gasteiger partial charge >= 0.3 is 5.97 Å². The maximum Gasteiger partial charge on any atom is 0.330 e. The van der Waals surface area contributed by atoms with Crippen LogP contribution < -0.4 is 15.8 Å². The van der Waals surface area contributed by atoms with Crippen LogP contribution >= 0.6 is 0 Å². The molecular formula is C19H22N2O5. The highest BCUT2D eigenvalue weighted by molar-refractivity contribution is 5.87. The predicted molar refractivity (Wildman–Crippen MR) is 95.6 cm³/mol. The number of ether oxygens (including phenoxy) is 1. The van der Waals surface area contributed by atoms with Crippen LogP contribution in [0, 0.1) is 0 Å². The van der Waals surface area contributed by atoms with E-state index >= 15 is 0 Å². The van der Waals surface area contributed by atoms with Crippen molar-refractivity contribution in [3.05, 3.63) is 65.7 Å². The molecule has 0 saturated carbocycles. The molecule has 2 aromatic carbocycles. The van der Waals surface area contributed by atoms with E-state index in [1.165, 1.54) is 13.2 Å². The molecule has 0 fully saturated rings. The molecule has 26 heavy (non-hydrogen) atoms. The van der Waals surface area contributed by atoms with Crippen LogP contribution in [0.25, 0.3) is 0 Å². The van der Waals surface area contributed by atoms with Gasteiger partial charge in [0, 0.05) is 6.04 Å². The van der Waals surface area contributed by atoms with E-state index in [1.807, 2.05) is 30.3 Å². The monoisotopic (exact) mass is 358 g/mol. The number of carboxylic acids is 1. The van der Waals surface area contributed by atoms with Gasteiger partial charge in [0.15, 0.2) is 6.04 Å². The number of carbonyl (C=O) groups excluding carboxylic acids is 1. The maximum absolute atomic E-state index is 12.3. The fraction of sp³-hybridized carbons (Fsp3) is 0.263. The molecule has 7 nitrogen and oxygen atoms in total. The van der Waals surface area contributed by atoms with Crippen molar-refractivity contribution >= 4 is 11.9 Å². The van der Waals surface area contributed by atoms with Gasteiger partial charge in [0.05, 0.1) is 7.11 Å². The largest absolute Gasteiger partial charge is 0.497 e. The van der Waals surface area contributed by atoms with Crippen LogP contribution in [0.3, 0.4) is 0 Å². The highest BCUT2D eigenvalue weighted by atomic mass is 16.5. The minimum Gasteiger partial charge on any atom is -0.497 e. The highest BCUT2D eigenvalue weighted by Gasteiger charge is 2.29. The van der Waals surface area contributed by atoms with E-state index in [0.717, 1.165) is 5.56 Å². The standard InChI is InChI=1S/C19H22N2O5/c1-26-14-9-5-8-13(11-14)16(19(24)25)21-18(23)17(22)15(20)10-12-6-3-2-4-7-12/h2-9,11,15-17,22H,10,20H2,1H3,(H,21,23)(H,24,25)/t15-,16-,17+/m1/s1. The quantitative estimate of drug-likeness (QED) is 0.555. The lowest BCUT2D eigenvalue weighted by molar-refractivity contribution is -0.143.